The first-order chi connectivity index (χ1) is 7.29. The van der Waals surface area contributed by atoms with Crippen LogP contribution in [0.25, 0.3) is 0 Å². The van der Waals surface area contributed by atoms with Crippen LogP contribution in [0.4, 0.5) is 0 Å². The number of carbonyl (C=O) groups is 3. The maximum atomic E-state index is 10.9. The first-order valence-electron chi connectivity index (χ1n) is 4.69. The molecular formula is C9H12O7. The highest BCUT2D eigenvalue weighted by atomic mass is 16.4. The molecule has 0 aromatic carbocycles. The van der Waals surface area contributed by atoms with E-state index in [0.717, 1.165) is 0 Å². The lowest BCUT2D eigenvalue weighted by Gasteiger charge is -2.28. The Hall–Kier alpha value is -1.63. The van der Waals surface area contributed by atoms with Crippen LogP contribution in [0.2, 0.25) is 0 Å². The molecule has 1 aliphatic rings. The minimum absolute atomic E-state index is 0.460. The second kappa shape index (κ2) is 4.09. The van der Waals surface area contributed by atoms with Gasteiger partial charge in [-0.3, -0.25) is 9.59 Å². The smallest absolute Gasteiger partial charge is 0.337 e. The standard InChI is InChI=1S/C9H12O7/c10-5(11)3-9(16,8(14)15)6(7(12)13)4-1-2-4/h4,6,16H,1-3H2,(H,10,11)(H,12,13)(H,14,15). The van der Waals surface area contributed by atoms with Crippen LogP contribution in [0.15, 0.2) is 0 Å². The fourth-order valence-electron chi connectivity index (χ4n) is 1.77. The van der Waals surface area contributed by atoms with Crippen LogP contribution in [0.3, 0.4) is 0 Å². The highest BCUT2D eigenvalue weighted by Crippen LogP contribution is 2.43. The number of carboxylic acid groups (broad SMARTS) is 3. The third-order valence-electron chi connectivity index (χ3n) is 2.67. The molecule has 0 radical (unpaired) electrons. The zero-order valence-electron chi connectivity index (χ0n) is 8.29. The molecule has 0 aliphatic heterocycles. The van der Waals surface area contributed by atoms with Crippen LogP contribution >= 0.6 is 0 Å². The molecule has 4 N–H and O–H groups in total. The van der Waals surface area contributed by atoms with Crippen molar-refractivity contribution in [2.24, 2.45) is 11.8 Å². The summed E-state index contributed by atoms with van der Waals surface area (Å²) in [4.78, 5) is 32.2. The van der Waals surface area contributed by atoms with Gasteiger partial charge in [0.2, 0.25) is 0 Å². The molecule has 1 aliphatic carbocycles. The summed E-state index contributed by atoms with van der Waals surface area (Å²) >= 11 is 0. The van der Waals surface area contributed by atoms with Crippen LogP contribution in [-0.2, 0) is 14.4 Å². The normalized spacial score (nSPS) is 20.8. The van der Waals surface area contributed by atoms with Gasteiger partial charge in [-0.15, -0.1) is 0 Å². The van der Waals surface area contributed by atoms with E-state index in [2.05, 4.69) is 0 Å². The average Bonchev–Trinajstić information content (AvgIpc) is 2.85. The van der Waals surface area contributed by atoms with E-state index in [0.29, 0.717) is 12.8 Å². The Bertz CT molecular complexity index is 333. The SMILES string of the molecule is O=C(O)CC(O)(C(=O)O)C(C(=O)O)C1CC1. The van der Waals surface area contributed by atoms with Gasteiger partial charge in [-0.1, -0.05) is 0 Å². The lowest BCUT2D eigenvalue weighted by atomic mass is 9.81. The maximum Gasteiger partial charge on any atom is 0.337 e. The van der Waals surface area contributed by atoms with Crippen molar-refractivity contribution in [3.63, 3.8) is 0 Å². The van der Waals surface area contributed by atoms with Crippen molar-refractivity contribution in [2.75, 3.05) is 0 Å². The Labute approximate surface area is 90.3 Å². The van der Waals surface area contributed by atoms with Gasteiger partial charge in [0, 0.05) is 0 Å². The molecule has 0 spiro atoms. The molecular weight excluding hydrogens is 220 g/mol. The van der Waals surface area contributed by atoms with E-state index in [-0.39, 0.29) is 0 Å². The number of rotatable bonds is 6. The topological polar surface area (TPSA) is 132 Å². The largest absolute Gasteiger partial charge is 0.481 e. The minimum atomic E-state index is -2.74. The van der Waals surface area contributed by atoms with Crippen molar-refractivity contribution < 1.29 is 34.8 Å². The molecule has 0 amide bonds. The summed E-state index contributed by atoms with van der Waals surface area (Å²) in [5.41, 5.74) is -2.74. The lowest BCUT2D eigenvalue weighted by molar-refractivity contribution is -0.180. The van der Waals surface area contributed by atoms with E-state index in [1.165, 1.54) is 0 Å². The van der Waals surface area contributed by atoms with Gasteiger partial charge in [-0.05, 0) is 18.8 Å². The van der Waals surface area contributed by atoms with Gasteiger partial charge in [0.1, 0.15) is 0 Å². The summed E-state index contributed by atoms with van der Waals surface area (Å²) in [5.74, 6) is -6.86. The number of aliphatic carboxylic acids is 3. The molecule has 7 nitrogen and oxygen atoms in total. The molecule has 2 unspecified atom stereocenters. The van der Waals surface area contributed by atoms with Gasteiger partial charge in [-0.25, -0.2) is 4.79 Å². The van der Waals surface area contributed by atoms with Gasteiger partial charge in [-0.2, -0.15) is 0 Å². The third-order valence-corrected chi connectivity index (χ3v) is 2.67. The van der Waals surface area contributed by atoms with Crippen LogP contribution in [0, 0.1) is 11.8 Å². The average molecular weight is 232 g/mol. The molecule has 90 valence electrons. The van der Waals surface area contributed by atoms with Crippen molar-refractivity contribution in [1.29, 1.82) is 0 Å². The first kappa shape index (κ1) is 12.4. The second-order valence-corrected chi connectivity index (χ2v) is 3.95. The summed E-state index contributed by atoms with van der Waals surface area (Å²) in [6, 6.07) is 0. The van der Waals surface area contributed by atoms with Gasteiger partial charge < -0.3 is 20.4 Å². The van der Waals surface area contributed by atoms with Gasteiger partial charge in [0.15, 0.2) is 5.60 Å². The number of aliphatic hydroxyl groups is 1. The third kappa shape index (κ3) is 2.30. The molecule has 1 fully saturated rings. The van der Waals surface area contributed by atoms with Crippen LogP contribution in [0.1, 0.15) is 19.3 Å². The highest BCUT2D eigenvalue weighted by molar-refractivity contribution is 5.89. The van der Waals surface area contributed by atoms with E-state index in [4.69, 9.17) is 15.3 Å². The molecule has 0 aromatic heterocycles. The predicted molar refractivity (Wildman–Crippen MR) is 48.7 cm³/mol. The molecule has 0 saturated heterocycles. The summed E-state index contributed by atoms with van der Waals surface area (Å²) in [6.07, 6.45) is -0.131. The van der Waals surface area contributed by atoms with E-state index >= 15 is 0 Å². The number of hydrogen-bond acceptors (Lipinski definition) is 4. The van der Waals surface area contributed by atoms with Gasteiger partial charge >= 0.3 is 17.9 Å². The summed E-state index contributed by atoms with van der Waals surface area (Å²) in [5, 5.41) is 35.9. The number of hydrogen-bond donors (Lipinski definition) is 4. The van der Waals surface area contributed by atoms with Crippen molar-refractivity contribution in [1.82, 2.24) is 0 Å². The molecule has 0 bridgehead atoms. The maximum absolute atomic E-state index is 10.9. The van der Waals surface area contributed by atoms with E-state index in [9.17, 15) is 19.5 Å². The Morgan fingerprint density at radius 1 is 1.19 bits per heavy atom. The van der Waals surface area contributed by atoms with Crippen molar-refractivity contribution in [3.05, 3.63) is 0 Å². The highest BCUT2D eigenvalue weighted by Gasteiger charge is 2.55. The lowest BCUT2D eigenvalue weighted by Crippen LogP contribution is -2.51. The van der Waals surface area contributed by atoms with E-state index < -0.39 is 41.8 Å². The monoisotopic (exact) mass is 232 g/mol. The Kier molecular flexibility index (Phi) is 3.18. The van der Waals surface area contributed by atoms with Crippen LogP contribution in [0.5, 0.6) is 0 Å². The Balaban J connectivity index is 3.01. The minimum Gasteiger partial charge on any atom is -0.481 e. The summed E-state index contributed by atoms with van der Waals surface area (Å²) in [7, 11) is 0. The molecule has 0 aromatic rings. The molecule has 1 rings (SSSR count). The van der Waals surface area contributed by atoms with Crippen LogP contribution < -0.4 is 0 Å². The molecule has 0 heterocycles. The van der Waals surface area contributed by atoms with Crippen molar-refractivity contribution in [3.8, 4) is 0 Å². The zero-order chi connectivity index (χ0) is 12.5. The Morgan fingerprint density at radius 3 is 1.94 bits per heavy atom. The fraction of sp³-hybridized carbons (Fsp3) is 0.667. The number of carboxylic acids is 3. The summed E-state index contributed by atoms with van der Waals surface area (Å²) < 4.78 is 0. The van der Waals surface area contributed by atoms with Crippen molar-refractivity contribution in [2.45, 2.75) is 24.9 Å². The van der Waals surface area contributed by atoms with Crippen molar-refractivity contribution >= 4 is 17.9 Å². The first-order valence-corrected chi connectivity index (χ1v) is 4.69. The van der Waals surface area contributed by atoms with E-state index in [1.807, 2.05) is 0 Å². The fourth-order valence-corrected chi connectivity index (χ4v) is 1.77. The molecule has 2 atom stereocenters. The predicted octanol–water partition coefficient (Wildman–Crippen LogP) is -0.612. The van der Waals surface area contributed by atoms with Gasteiger partial charge in [0.05, 0.1) is 12.3 Å². The second-order valence-electron chi connectivity index (χ2n) is 3.95. The van der Waals surface area contributed by atoms with E-state index in [1.54, 1.807) is 0 Å². The van der Waals surface area contributed by atoms with Crippen LogP contribution in [-0.4, -0.2) is 43.9 Å². The van der Waals surface area contributed by atoms with Gasteiger partial charge in [0.25, 0.3) is 0 Å². The quantitative estimate of drug-likeness (QED) is 0.480. The molecule has 1 saturated carbocycles. The summed E-state index contributed by atoms with van der Waals surface area (Å²) in [6.45, 7) is 0. The Morgan fingerprint density at radius 2 is 1.69 bits per heavy atom. The molecule has 16 heavy (non-hydrogen) atoms. The molecule has 7 heteroatoms. The zero-order valence-corrected chi connectivity index (χ0v) is 8.29.